The molecule has 0 radical (unpaired) electrons. The SMILES string of the molecule is CNCc1cccnc1Sc1cccs1. The topological polar surface area (TPSA) is 24.9 Å². The monoisotopic (exact) mass is 236 g/mol. The van der Waals surface area contributed by atoms with Gasteiger partial charge in [0, 0.05) is 12.7 Å². The number of rotatable bonds is 4. The highest BCUT2D eigenvalue weighted by Gasteiger charge is 2.04. The Labute approximate surface area is 97.8 Å². The van der Waals surface area contributed by atoms with E-state index in [0.29, 0.717) is 0 Å². The van der Waals surface area contributed by atoms with E-state index in [0.717, 1.165) is 11.6 Å². The van der Waals surface area contributed by atoms with E-state index in [4.69, 9.17) is 0 Å². The molecule has 0 saturated heterocycles. The van der Waals surface area contributed by atoms with Gasteiger partial charge in [0.1, 0.15) is 5.03 Å². The first-order valence-corrected chi connectivity index (χ1v) is 6.39. The Hall–Kier alpha value is -0.840. The van der Waals surface area contributed by atoms with Gasteiger partial charge in [-0.3, -0.25) is 0 Å². The highest BCUT2D eigenvalue weighted by atomic mass is 32.2. The lowest BCUT2D eigenvalue weighted by Gasteiger charge is -2.05. The molecule has 2 nitrogen and oxygen atoms in total. The van der Waals surface area contributed by atoms with Crippen LogP contribution in [-0.4, -0.2) is 12.0 Å². The fourth-order valence-corrected chi connectivity index (χ4v) is 3.02. The van der Waals surface area contributed by atoms with Crippen molar-refractivity contribution in [2.45, 2.75) is 15.8 Å². The minimum absolute atomic E-state index is 0.863. The minimum Gasteiger partial charge on any atom is -0.316 e. The molecule has 0 amide bonds. The maximum Gasteiger partial charge on any atom is 0.106 e. The van der Waals surface area contributed by atoms with Gasteiger partial charge in [0.15, 0.2) is 0 Å². The molecular formula is C11H12N2S2. The smallest absolute Gasteiger partial charge is 0.106 e. The first-order valence-electron chi connectivity index (χ1n) is 4.70. The molecule has 78 valence electrons. The molecule has 2 aromatic rings. The first kappa shape index (κ1) is 10.7. The number of hydrogen-bond donors (Lipinski definition) is 1. The normalized spacial score (nSPS) is 10.5. The van der Waals surface area contributed by atoms with Crippen molar-refractivity contribution < 1.29 is 0 Å². The van der Waals surface area contributed by atoms with Crippen LogP contribution in [0.2, 0.25) is 0 Å². The lowest BCUT2D eigenvalue weighted by atomic mass is 10.3. The van der Waals surface area contributed by atoms with E-state index in [1.807, 2.05) is 19.3 Å². The Morgan fingerprint density at radius 2 is 2.33 bits per heavy atom. The molecule has 2 rings (SSSR count). The van der Waals surface area contributed by atoms with E-state index < -0.39 is 0 Å². The van der Waals surface area contributed by atoms with Gasteiger partial charge in [0.2, 0.25) is 0 Å². The van der Waals surface area contributed by atoms with Gasteiger partial charge in [-0.15, -0.1) is 11.3 Å². The van der Waals surface area contributed by atoms with Crippen LogP contribution in [0.4, 0.5) is 0 Å². The van der Waals surface area contributed by atoms with Crippen molar-refractivity contribution in [1.82, 2.24) is 10.3 Å². The van der Waals surface area contributed by atoms with E-state index in [1.54, 1.807) is 23.1 Å². The second-order valence-corrected chi connectivity index (χ2v) is 5.27. The Balaban J connectivity index is 2.20. The van der Waals surface area contributed by atoms with Crippen molar-refractivity contribution in [2.75, 3.05) is 7.05 Å². The fourth-order valence-electron chi connectivity index (χ4n) is 1.26. The van der Waals surface area contributed by atoms with Crippen LogP contribution < -0.4 is 5.32 Å². The minimum atomic E-state index is 0.863. The summed E-state index contributed by atoms with van der Waals surface area (Å²) >= 11 is 3.48. The van der Waals surface area contributed by atoms with E-state index >= 15 is 0 Å². The van der Waals surface area contributed by atoms with E-state index in [2.05, 4.69) is 33.9 Å². The van der Waals surface area contributed by atoms with Gasteiger partial charge in [0.05, 0.1) is 4.21 Å². The number of aromatic nitrogens is 1. The molecule has 0 aliphatic rings. The van der Waals surface area contributed by atoms with Gasteiger partial charge in [-0.2, -0.15) is 0 Å². The molecule has 0 fully saturated rings. The molecule has 15 heavy (non-hydrogen) atoms. The van der Waals surface area contributed by atoms with Crippen molar-refractivity contribution in [3.63, 3.8) is 0 Å². The zero-order valence-corrected chi connectivity index (χ0v) is 10.1. The van der Waals surface area contributed by atoms with Crippen LogP contribution in [0.3, 0.4) is 0 Å². The number of nitrogens with zero attached hydrogens (tertiary/aromatic N) is 1. The average Bonchev–Trinajstić information content (AvgIpc) is 2.74. The summed E-state index contributed by atoms with van der Waals surface area (Å²) in [6, 6.07) is 8.27. The molecule has 2 aromatic heterocycles. The first-order chi connectivity index (χ1) is 7.40. The summed E-state index contributed by atoms with van der Waals surface area (Å²) in [6.07, 6.45) is 1.84. The molecule has 0 bridgehead atoms. The maximum absolute atomic E-state index is 4.40. The Morgan fingerprint density at radius 1 is 1.40 bits per heavy atom. The number of nitrogens with one attached hydrogen (secondary N) is 1. The molecule has 0 aliphatic carbocycles. The van der Waals surface area contributed by atoms with Crippen LogP contribution >= 0.6 is 23.1 Å². The van der Waals surface area contributed by atoms with Gasteiger partial charge in [0.25, 0.3) is 0 Å². The number of pyridine rings is 1. The number of thiophene rings is 1. The van der Waals surface area contributed by atoms with Gasteiger partial charge < -0.3 is 5.32 Å². The van der Waals surface area contributed by atoms with Gasteiger partial charge in [-0.1, -0.05) is 23.9 Å². The summed E-state index contributed by atoms with van der Waals surface area (Å²) in [7, 11) is 1.95. The highest BCUT2D eigenvalue weighted by Crippen LogP contribution is 2.31. The lowest BCUT2D eigenvalue weighted by molar-refractivity contribution is 0.790. The molecule has 0 atom stereocenters. The second kappa shape index (κ2) is 5.30. The zero-order chi connectivity index (χ0) is 10.5. The summed E-state index contributed by atoms with van der Waals surface area (Å²) < 4.78 is 1.28. The summed E-state index contributed by atoms with van der Waals surface area (Å²) in [6.45, 7) is 0.863. The standard InChI is InChI=1S/C11H12N2S2/c1-12-8-9-4-2-6-13-11(9)15-10-5-3-7-14-10/h2-7,12H,8H2,1H3. The predicted molar refractivity (Wildman–Crippen MR) is 65.4 cm³/mol. The Kier molecular flexibility index (Phi) is 3.77. The molecular weight excluding hydrogens is 224 g/mol. The molecule has 0 aliphatic heterocycles. The molecule has 4 heteroatoms. The van der Waals surface area contributed by atoms with E-state index in [1.165, 1.54) is 9.77 Å². The third-order valence-corrected chi connectivity index (χ3v) is 4.01. The Morgan fingerprint density at radius 3 is 3.07 bits per heavy atom. The van der Waals surface area contributed by atoms with E-state index in [9.17, 15) is 0 Å². The van der Waals surface area contributed by atoms with Crippen LogP contribution in [0.5, 0.6) is 0 Å². The zero-order valence-electron chi connectivity index (χ0n) is 8.43. The van der Waals surface area contributed by atoms with Gasteiger partial charge in [-0.05, 0) is 30.1 Å². The summed E-state index contributed by atoms with van der Waals surface area (Å²) in [5, 5.41) is 6.33. The predicted octanol–water partition coefficient (Wildman–Crippen LogP) is 3.01. The highest BCUT2D eigenvalue weighted by molar-refractivity contribution is 8.01. The fraction of sp³-hybridized carbons (Fsp3) is 0.182. The maximum atomic E-state index is 4.40. The second-order valence-electron chi connectivity index (χ2n) is 3.03. The summed E-state index contributed by atoms with van der Waals surface area (Å²) in [5.41, 5.74) is 1.25. The van der Waals surface area contributed by atoms with Crippen molar-refractivity contribution in [3.05, 3.63) is 41.4 Å². The third kappa shape index (κ3) is 2.81. The van der Waals surface area contributed by atoms with Crippen LogP contribution in [0.25, 0.3) is 0 Å². The third-order valence-electron chi connectivity index (χ3n) is 1.91. The molecule has 0 aromatic carbocycles. The van der Waals surface area contributed by atoms with Crippen molar-refractivity contribution in [3.8, 4) is 0 Å². The average molecular weight is 236 g/mol. The quantitative estimate of drug-likeness (QED) is 0.883. The molecule has 0 saturated carbocycles. The molecule has 1 N–H and O–H groups in total. The summed E-state index contributed by atoms with van der Waals surface area (Å²) in [5.74, 6) is 0. The largest absolute Gasteiger partial charge is 0.316 e. The molecule has 0 unspecified atom stereocenters. The molecule has 2 heterocycles. The van der Waals surface area contributed by atoms with Crippen molar-refractivity contribution in [1.29, 1.82) is 0 Å². The molecule has 0 spiro atoms. The van der Waals surface area contributed by atoms with Crippen LogP contribution in [0.1, 0.15) is 5.56 Å². The van der Waals surface area contributed by atoms with Crippen molar-refractivity contribution in [2.24, 2.45) is 0 Å². The summed E-state index contributed by atoms with van der Waals surface area (Å²) in [4.78, 5) is 4.40. The van der Waals surface area contributed by atoms with Crippen molar-refractivity contribution >= 4 is 23.1 Å². The van der Waals surface area contributed by atoms with Gasteiger partial charge >= 0.3 is 0 Å². The number of hydrogen-bond acceptors (Lipinski definition) is 4. The Bertz CT molecular complexity index is 412. The lowest BCUT2D eigenvalue weighted by Crippen LogP contribution is -2.06. The van der Waals surface area contributed by atoms with Crippen LogP contribution in [0, 0.1) is 0 Å². The van der Waals surface area contributed by atoms with E-state index in [-0.39, 0.29) is 0 Å². The van der Waals surface area contributed by atoms with Crippen LogP contribution in [-0.2, 0) is 6.54 Å². The van der Waals surface area contributed by atoms with Gasteiger partial charge in [-0.25, -0.2) is 4.98 Å². The van der Waals surface area contributed by atoms with Crippen LogP contribution in [0.15, 0.2) is 45.1 Å².